The molecule has 19 heavy (non-hydrogen) atoms. The molecule has 0 saturated carbocycles. The molecule has 0 radical (unpaired) electrons. The molecule has 3 heteroatoms. The second-order valence-corrected chi connectivity index (χ2v) is 5.00. The summed E-state index contributed by atoms with van der Waals surface area (Å²) in [6, 6.07) is 12.9. The Labute approximate surface area is 112 Å². The number of para-hydroxylation sites is 1. The largest absolute Gasteiger partial charge is 0.485 e. The van der Waals surface area contributed by atoms with Crippen LogP contribution in [0.3, 0.4) is 0 Å². The lowest BCUT2D eigenvalue weighted by atomic mass is 9.93. The Bertz CT molecular complexity index is 611. The molecule has 2 aromatic rings. The summed E-state index contributed by atoms with van der Waals surface area (Å²) in [5.41, 5.74) is 8.67. The van der Waals surface area contributed by atoms with Crippen LogP contribution >= 0.6 is 0 Å². The van der Waals surface area contributed by atoms with E-state index in [-0.39, 0.29) is 18.0 Å². The summed E-state index contributed by atoms with van der Waals surface area (Å²) in [4.78, 5) is 0. The molecule has 0 bridgehead atoms. The topological polar surface area (TPSA) is 35.2 Å². The maximum absolute atomic E-state index is 13.6. The Morgan fingerprint density at radius 3 is 2.79 bits per heavy atom. The first kappa shape index (κ1) is 12.2. The highest BCUT2D eigenvalue weighted by Crippen LogP contribution is 2.39. The van der Waals surface area contributed by atoms with Crippen LogP contribution in [-0.2, 0) is 0 Å². The van der Waals surface area contributed by atoms with Gasteiger partial charge < -0.3 is 10.5 Å². The van der Waals surface area contributed by atoms with Crippen LogP contribution in [0.4, 0.5) is 4.39 Å². The molecule has 1 heterocycles. The highest BCUT2D eigenvalue weighted by atomic mass is 19.1. The molecule has 3 rings (SSSR count). The highest BCUT2D eigenvalue weighted by Gasteiger charge is 2.26. The van der Waals surface area contributed by atoms with E-state index >= 15 is 0 Å². The molecule has 98 valence electrons. The van der Waals surface area contributed by atoms with Crippen molar-refractivity contribution >= 4 is 0 Å². The fourth-order valence-corrected chi connectivity index (χ4v) is 2.47. The molecule has 0 aliphatic carbocycles. The number of benzene rings is 2. The van der Waals surface area contributed by atoms with E-state index in [0.717, 1.165) is 16.9 Å². The van der Waals surface area contributed by atoms with Gasteiger partial charge in [-0.15, -0.1) is 0 Å². The van der Waals surface area contributed by atoms with Gasteiger partial charge in [-0.05, 0) is 30.2 Å². The number of rotatable bonds is 1. The molecule has 0 aromatic heterocycles. The Hall–Kier alpha value is -1.87. The Morgan fingerprint density at radius 2 is 2.00 bits per heavy atom. The van der Waals surface area contributed by atoms with Crippen LogP contribution in [0.5, 0.6) is 5.75 Å². The molecule has 0 saturated heterocycles. The Morgan fingerprint density at radius 1 is 1.21 bits per heavy atom. The van der Waals surface area contributed by atoms with Gasteiger partial charge in [0, 0.05) is 18.0 Å². The number of aryl methyl sites for hydroxylation is 1. The van der Waals surface area contributed by atoms with Crippen molar-refractivity contribution in [3.63, 3.8) is 0 Å². The predicted octanol–water partition coefficient (Wildman–Crippen LogP) is 3.66. The number of ether oxygens (including phenoxy) is 1. The van der Waals surface area contributed by atoms with Gasteiger partial charge in [-0.25, -0.2) is 4.39 Å². The fourth-order valence-electron chi connectivity index (χ4n) is 2.47. The molecule has 2 N–H and O–H groups in total. The Balaban J connectivity index is 1.94. The average Bonchev–Trinajstić information content (AvgIpc) is 2.42. The number of halogens is 1. The first-order valence-electron chi connectivity index (χ1n) is 6.42. The molecule has 0 spiro atoms. The van der Waals surface area contributed by atoms with Crippen molar-refractivity contribution in [3.8, 4) is 5.75 Å². The third kappa shape index (κ3) is 2.22. The van der Waals surface area contributed by atoms with E-state index in [2.05, 4.69) is 0 Å². The molecule has 0 fully saturated rings. The quantitative estimate of drug-likeness (QED) is 0.846. The maximum Gasteiger partial charge on any atom is 0.126 e. The van der Waals surface area contributed by atoms with E-state index in [4.69, 9.17) is 10.5 Å². The van der Waals surface area contributed by atoms with Crippen molar-refractivity contribution in [1.82, 2.24) is 0 Å². The first-order chi connectivity index (χ1) is 9.15. The lowest BCUT2D eigenvalue weighted by Crippen LogP contribution is -2.24. The van der Waals surface area contributed by atoms with Crippen molar-refractivity contribution in [3.05, 3.63) is 65.0 Å². The van der Waals surface area contributed by atoms with Gasteiger partial charge in [-0.1, -0.05) is 30.3 Å². The molecule has 2 atom stereocenters. The van der Waals surface area contributed by atoms with Gasteiger partial charge in [0.1, 0.15) is 17.7 Å². The average molecular weight is 257 g/mol. The summed E-state index contributed by atoms with van der Waals surface area (Å²) in [7, 11) is 0. The van der Waals surface area contributed by atoms with E-state index in [9.17, 15) is 4.39 Å². The van der Waals surface area contributed by atoms with Crippen LogP contribution < -0.4 is 10.5 Å². The fraction of sp³-hybridized carbons (Fsp3) is 0.250. The zero-order valence-electron chi connectivity index (χ0n) is 10.8. The van der Waals surface area contributed by atoms with Gasteiger partial charge in [0.2, 0.25) is 0 Å². The molecular weight excluding hydrogens is 241 g/mol. The third-order valence-electron chi connectivity index (χ3n) is 3.62. The lowest BCUT2D eigenvalue weighted by Gasteiger charge is -2.30. The van der Waals surface area contributed by atoms with Crippen LogP contribution in [0.25, 0.3) is 0 Å². The lowest BCUT2D eigenvalue weighted by molar-refractivity contribution is 0.161. The van der Waals surface area contributed by atoms with Crippen LogP contribution in [-0.4, -0.2) is 0 Å². The summed E-state index contributed by atoms with van der Waals surface area (Å²) in [5, 5.41) is 0. The first-order valence-corrected chi connectivity index (χ1v) is 6.42. The summed E-state index contributed by atoms with van der Waals surface area (Å²) in [6.45, 7) is 1.75. The van der Waals surface area contributed by atoms with Crippen molar-refractivity contribution in [2.24, 2.45) is 5.73 Å². The third-order valence-corrected chi connectivity index (χ3v) is 3.62. The monoisotopic (exact) mass is 257 g/mol. The standard InChI is InChI=1S/C16H16FNO/c1-10-6-7-11(8-13(10)17)16-9-14(18)12-4-2-3-5-15(12)19-16/h2-8,14,16H,9,18H2,1H3/t14-,16?/m0/s1. The maximum atomic E-state index is 13.6. The highest BCUT2D eigenvalue weighted by molar-refractivity contribution is 5.39. The smallest absolute Gasteiger partial charge is 0.126 e. The Kier molecular flexibility index (Phi) is 2.99. The minimum atomic E-state index is -0.200. The summed E-state index contributed by atoms with van der Waals surface area (Å²) < 4.78 is 19.6. The van der Waals surface area contributed by atoms with Crippen molar-refractivity contribution in [1.29, 1.82) is 0 Å². The minimum absolute atomic E-state index is 0.0701. The summed E-state index contributed by atoms with van der Waals surface area (Å²) in [5.74, 6) is 0.598. The van der Waals surface area contributed by atoms with Crippen LogP contribution in [0.1, 0.15) is 35.3 Å². The number of hydrogen-bond acceptors (Lipinski definition) is 2. The van der Waals surface area contributed by atoms with Crippen molar-refractivity contribution < 1.29 is 9.13 Å². The van der Waals surface area contributed by atoms with Crippen LogP contribution in [0, 0.1) is 12.7 Å². The zero-order chi connectivity index (χ0) is 13.4. The summed E-state index contributed by atoms with van der Waals surface area (Å²) in [6.07, 6.45) is 0.486. The predicted molar refractivity (Wildman–Crippen MR) is 72.5 cm³/mol. The SMILES string of the molecule is Cc1ccc(C2C[C@H](N)c3ccccc3O2)cc1F. The van der Waals surface area contributed by atoms with Crippen molar-refractivity contribution in [2.75, 3.05) is 0 Å². The van der Waals surface area contributed by atoms with Gasteiger partial charge in [0.05, 0.1) is 0 Å². The normalized spacial score (nSPS) is 21.6. The van der Waals surface area contributed by atoms with Crippen LogP contribution in [0.15, 0.2) is 42.5 Å². The van der Waals surface area contributed by atoms with Gasteiger partial charge in [0.15, 0.2) is 0 Å². The van der Waals surface area contributed by atoms with Gasteiger partial charge in [-0.2, -0.15) is 0 Å². The second-order valence-electron chi connectivity index (χ2n) is 5.00. The number of hydrogen-bond donors (Lipinski definition) is 1. The molecule has 1 unspecified atom stereocenters. The van der Waals surface area contributed by atoms with E-state index < -0.39 is 0 Å². The molecule has 1 aliphatic heterocycles. The van der Waals surface area contributed by atoms with E-state index in [0.29, 0.717) is 12.0 Å². The van der Waals surface area contributed by atoms with Gasteiger partial charge in [-0.3, -0.25) is 0 Å². The molecule has 0 amide bonds. The molecule has 2 aromatic carbocycles. The van der Waals surface area contributed by atoms with Crippen molar-refractivity contribution in [2.45, 2.75) is 25.5 Å². The molecular formula is C16H16FNO. The van der Waals surface area contributed by atoms with Gasteiger partial charge in [0.25, 0.3) is 0 Å². The zero-order valence-corrected chi connectivity index (χ0v) is 10.8. The number of fused-ring (bicyclic) bond motifs is 1. The number of nitrogens with two attached hydrogens (primary N) is 1. The van der Waals surface area contributed by atoms with Crippen LogP contribution in [0.2, 0.25) is 0 Å². The minimum Gasteiger partial charge on any atom is -0.485 e. The summed E-state index contributed by atoms with van der Waals surface area (Å²) >= 11 is 0. The molecule has 1 aliphatic rings. The second kappa shape index (κ2) is 4.67. The van der Waals surface area contributed by atoms with E-state index in [1.807, 2.05) is 30.3 Å². The van der Waals surface area contributed by atoms with E-state index in [1.54, 1.807) is 19.1 Å². The van der Waals surface area contributed by atoms with E-state index in [1.165, 1.54) is 0 Å². The van der Waals surface area contributed by atoms with Gasteiger partial charge >= 0.3 is 0 Å². The molecule has 2 nitrogen and oxygen atoms in total.